The molecule has 0 spiro atoms. The van der Waals surface area contributed by atoms with Crippen molar-refractivity contribution in [2.45, 2.75) is 26.4 Å². The fourth-order valence-electron chi connectivity index (χ4n) is 2.58. The number of piperazine rings is 1. The summed E-state index contributed by atoms with van der Waals surface area (Å²) in [7, 11) is 2.18. The standard InChI is InChI=1S/C14H23BrN4/c1-4-16-8-12-7-13(15)9-17-14(12)19-6-5-18(3)10-11(19)2/h7,9,11,16H,4-6,8,10H2,1-3H3. The first-order chi connectivity index (χ1) is 9.11. The van der Waals surface area contributed by atoms with Gasteiger partial charge in [0.25, 0.3) is 0 Å². The van der Waals surface area contributed by atoms with Crippen LogP contribution in [0.3, 0.4) is 0 Å². The zero-order valence-electron chi connectivity index (χ0n) is 12.0. The van der Waals surface area contributed by atoms with E-state index in [9.17, 15) is 0 Å². The van der Waals surface area contributed by atoms with Crippen LogP contribution in [-0.2, 0) is 6.54 Å². The van der Waals surface area contributed by atoms with E-state index < -0.39 is 0 Å². The summed E-state index contributed by atoms with van der Waals surface area (Å²) in [6.07, 6.45) is 1.90. The fourth-order valence-corrected chi connectivity index (χ4v) is 2.96. The average molecular weight is 327 g/mol. The Morgan fingerprint density at radius 1 is 1.47 bits per heavy atom. The minimum atomic E-state index is 0.507. The predicted octanol–water partition coefficient (Wildman–Crippen LogP) is 2.09. The summed E-state index contributed by atoms with van der Waals surface area (Å²) >= 11 is 3.52. The highest BCUT2D eigenvalue weighted by Crippen LogP contribution is 2.25. The van der Waals surface area contributed by atoms with Crippen LogP contribution >= 0.6 is 15.9 Å². The van der Waals surface area contributed by atoms with Crippen LogP contribution < -0.4 is 10.2 Å². The highest BCUT2D eigenvalue weighted by molar-refractivity contribution is 9.10. The summed E-state index contributed by atoms with van der Waals surface area (Å²) in [4.78, 5) is 9.46. The first kappa shape index (κ1) is 14.8. The van der Waals surface area contributed by atoms with E-state index in [0.29, 0.717) is 6.04 Å². The smallest absolute Gasteiger partial charge is 0.133 e. The molecule has 0 amide bonds. The van der Waals surface area contributed by atoms with Gasteiger partial charge in [0, 0.05) is 48.5 Å². The zero-order chi connectivity index (χ0) is 13.8. The molecule has 1 aromatic rings. The van der Waals surface area contributed by atoms with Gasteiger partial charge in [-0.3, -0.25) is 0 Å². The van der Waals surface area contributed by atoms with Crippen molar-refractivity contribution in [3.05, 3.63) is 22.3 Å². The maximum absolute atomic E-state index is 4.65. The van der Waals surface area contributed by atoms with Crippen molar-refractivity contribution in [1.29, 1.82) is 0 Å². The van der Waals surface area contributed by atoms with E-state index in [1.54, 1.807) is 0 Å². The maximum atomic E-state index is 4.65. The highest BCUT2D eigenvalue weighted by Gasteiger charge is 2.24. The lowest BCUT2D eigenvalue weighted by molar-refractivity contribution is 0.274. The van der Waals surface area contributed by atoms with Crippen molar-refractivity contribution in [3.63, 3.8) is 0 Å². The van der Waals surface area contributed by atoms with Crippen LogP contribution in [0.2, 0.25) is 0 Å². The van der Waals surface area contributed by atoms with E-state index in [1.165, 1.54) is 5.56 Å². The molecule has 1 aliphatic heterocycles. The van der Waals surface area contributed by atoms with Crippen molar-refractivity contribution in [1.82, 2.24) is 15.2 Å². The van der Waals surface area contributed by atoms with Crippen LogP contribution in [-0.4, -0.2) is 49.2 Å². The van der Waals surface area contributed by atoms with Crippen LogP contribution in [0.4, 0.5) is 5.82 Å². The van der Waals surface area contributed by atoms with Gasteiger partial charge in [0.2, 0.25) is 0 Å². The molecule has 1 saturated heterocycles. The third kappa shape index (κ3) is 3.68. The number of likely N-dealkylation sites (N-methyl/N-ethyl adjacent to an activating group) is 1. The molecule has 106 valence electrons. The molecule has 1 N–H and O–H groups in total. The number of hydrogen-bond donors (Lipinski definition) is 1. The Balaban J connectivity index is 2.22. The number of nitrogens with one attached hydrogen (secondary N) is 1. The zero-order valence-corrected chi connectivity index (χ0v) is 13.6. The van der Waals surface area contributed by atoms with Crippen molar-refractivity contribution < 1.29 is 0 Å². The molecule has 1 aromatic heterocycles. The van der Waals surface area contributed by atoms with E-state index in [4.69, 9.17) is 0 Å². The number of rotatable bonds is 4. The summed E-state index contributed by atoms with van der Waals surface area (Å²) in [5.41, 5.74) is 1.27. The average Bonchev–Trinajstić information content (AvgIpc) is 2.37. The molecule has 1 fully saturated rings. The second kappa shape index (κ2) is 6.68. The van der Waals surface area contributed by atoms with Gasteiger partial charge in [-0.1, -0.05) is 6.92 Å². The Morgan fingerprint density at radius 2 is 2.26 bits per heavy atom. The molecule has 0 aromatic carbocycles. The van der Waals surface area contributed by atoms with Gasteiger partial charge in [-0.15, -0.1) is 0 Å². The Kier molecular flexibility index (Phi) is 5.19. The molecule has 0 bridgehead atoms. The van der Waals surface area contributed by atoms with Crippen LogP contribution in [0.25, 0.3) is 0 Å². The molecule has 2 heterocycles. The van der Waals surface area contributed by atoms with E-state index >= 15 is 0 Å². The maximum Gasteiger partial charge on any atom is 0.133 e. The lowest BCUT2D eigenvalue weighted by atomic mass is 10.1. The topological polar surface area (TPSA) is 31.4 Å². The van der Waals surface area contributed by atoms with Gasteiger partial charge in [0.15, 0.2) is 0 Å². The lowest BCUT2D eigenvalue weighted by Gasteiger charge is -2.39. The van der Waals surface area contributed by atoms with Crippen molar-refractivity contribution in [2.24, 2.45) is 0 Å². The molecule has 2 rings (SSSR count). The van der Waals surface area contributed by atoms with E-state index in [2.05, 4.69) is 63.0 Å². The Labute approximate surface area is 124 Å². The molecule has 1 unspecified atom stereocenters. The van der Waals surface area contributed by atoms with Crippen molar-refractivity contribution >= 4 is 21.7 Å². The predicted molar refractivity (Wildman–Crippen MR) is 83.6 cm³/mol. The van der Waals surface area contributed by atoms with E-state index in [0.717, 1.165) is 43.0 Å². The molecular weight excluding hydrogens is 304 g/mol. The van der Waals surface area contributed by atoms with Gasteiger partial charge >= 0.3 is 0 Å². The molecule has 1 atom stereocenters. The van der Waals surface area contributed by atoms with Crippen LogP contribution in [0, 0.1) is 0 Å². The van der Waals surface area contributed by atoms with E-state index in [1.807, 2.05) is 6.20 Å². The molecular formula is C14H23BrN4. The number of aromatic nitrogens is 1. The second-order valence-corrected chi connectivity index (χ2v) is 6.14. The molecule has 19 heavy (non-hydrogen) atoms. The Morgan fingerprint density at radius 3 is 2.95 bits per heavy atom. The summed E-state index contributed by atoms with van der Waals surface area (Å²) < 4.78 is 1.05. The number of nitrogens with zero attached hydrogens (tertiary/aromatic N) is 3. The number of pyridine rings is 1. The third-order valence-corrected chi connectivity index (χ3v) is 4.01. The molecule has 5 heteroatoms. The first-order valence-corrected chi connectivity index (χ1v) is 7.71. The Hall–Kier alpha value is -0.650. The molecule has 4 nitrogen and oxygen atoms in total. The second-order valence-electron chi connectivity index (χ2n) is 5.22. The van der Waals surface area contributed by atoms with Gasteiger partial charge in [0.1, 0.15) is 5.82 Å². The quantitative estimate of drug-likeness (QED) is 0.918. The van der Waals surface area contributed by atoms with Gasteiger partial charge in [-0.05, 0) is 42.5 Å². The number of halogens is 1. The third-order valence-electron chi connectivity index (χ3n) is 3.58. The summed E-state index contributed by atoms with van der Waals surface area (Å²) in [6, 6.07) is 2.68. The monoisotopic (exact) mass is 326 g/mol. The van der Waals surface area contributed by atoms with Crippen LogP contribution in [0.1, 0.15) is 19.4 Å². The van der Waals surface area contributed by atoms with Crippen molar-refractivity contribution in [3.8, 4) is 0 Å². The SMILES string of the molecule is CCNCc1cc(Br)cnc1N1CCN(C)CC1C. The minimum absolute atomic E-state index is 0.507. The van der Waals surface area contributed by atoms with Gasteiger partial charge in [-0.25, -0.2) is 4.98 Å². The molecule has 0 aliphatic carbocycles. The van der Waals surface area contributed by atoms with Crippen LogP contribution in [0.15, 0.2) is 16.7 Å². The van der Waals surface area contributed by atoms with E-state index in [-0.39, 0.29) is 0 Å². The minimum Gasteiger partial charge on any atom is -0.351 e. The number of hydrogen-bond acceptors (Lipinski definition) is 4. The molecule has 1 aliphatic rings. The molecule has 0 saturated carbocycles. The largest absolute Gasteiger partial charge is 0.351 e. The van der Waals surface area contributed by atoms with Crippen molar-refractivity contribution in [2.75, 3.05) is 38.1 Å². The first-order valence-electron chi connectivity index (χ1n) is 6.92. The fraction of sp³-hybridized carbons (Fsp3) is 0.643. The summed E-state index contributed by atoms with van der Waals surface area (Å²) in [5.74, 6) is 1.13. The van der Waals surface area contributed by atoms with Crippen LogP contribution in [0.5, 0.6) is 0 Å². The van der Waals surface area contributed by atoms with Gasteiger partial charge in [-0.2, -0.15) is 0 Å². The Bertz CT molecular complexity index is 424. The van der Waals surface area contributed by atoms with Gasteiger partial charge in [0.05, 0.1) is 0 Å². The normalized spacial score (nSPS) is 20.8. The number of anilines is 1. The summed E-state index contributed by atoms with van der Waals surface area (Å²) in [5, 5.41) is 3.40. The highest BCUT2D eigenvalue weighted by atomic mass is 79.9. The summed E-state index contributed by atoms with van der Waals surface area (Å²) in [6.45, 7) is 9.49. The van der Waals surface area contributed by atoms with Gasteiger partial charge < -0.3 is 15.1 Å². The molecule has 0 radical (unpaired) electrons. The lowest BCUT2D eigenvalue weighted by Crippen LogP contribution is -2.51.